The van der Waals surface area contributed by atoms with E-state index in [-0.39, 0.29) is 0 Å². The van der Waals surface area contributed by atoms with E-state index in [4.69, 9.17) is 4.74 Å². The van der Waals surface area contributed by atoms with Crippen molar-refractivity contribution in [2.45, 2.75) is 4.90 Å². The first kappa shape index (κ1) is 13.8. The molecule has 0 saturated carbocycles. The number of benzene rings is 3. The number of rotatable bonds is 5. The molecule has 0 atom stereocenters. The first-order valence-corrected chi connectivity index (χ1v) is 7.83. The average Bonchev–Trinajstić information content (AvgIpc) is 2.53. The minimum Gasteiger partial charge on any atom is -0.508 e. The Kier molecular flexibility index (Phi) is 4.31. The molecule has 0 radical (unpaired) electrons. The first-order chi connectivity index (χ1) is 10.3. The predicted molar refractivity (Wildman–Crippen MR) is 88.3 cm³/mol. The minimum absolute atomic E-state index is 0.298. The number of hydrogen-bond donors (Lipinski definition) is 1. The van der Waals surface area contributed by atoms with Crippen LogP contribution < -0.4 is 4.74 Å². The van der Waals surface area contributed by atoms with Crippen molar-refractivity contribution in [3.8, 4) is 11.5 Å². The summed E-state index contributed by atoms with van der Waals surface area (Å²) in [6, 6.07) is 21.6. The average molecular weight is 296 g/mol. The number of ether oxygens (including phenoxy) is 1. The van der Waals surface area contributed by atoms with Crippen molar-refractivity contribution in [3.05, 3.63) is 66.7 Å². The van der Waals surface area contributed by atoms with Crippen molar-refractivity contribution in [1.29, 1.82) is 0 Å². The lowest BCUT2D eigenvalue weighted by atomic mass is 10.1. The van der Waals surface area contributed by atoms with Crippen molar-refractivity contribution in [2.75, 3.05) is 12.4 Å². The van der Waals surface area contributed by atoms with E-state index in [1.807, 2.05) is 30.3 Å². The van der Waals surface area contributed by atoms with Gasteiger partial charge in [-0.05, 0) is 47.2 Å². The molecule has 21 heavy (non-hydrogen) atoms. The third kappa shape index (κ3) is 3.70. The van der Waals surface area contributed by atoms with Gasteiger partial charge in [0.05, 0.1) is 6.61 Å². The highest BCUT2D eigenvalue weighted by molar-refractivity contribution is 7.99. The summed E-state index contributed by atoms with van der Waals surface area (Å²) >= 11 is 1.72. The molecule has 3 rings (SSSR count). The summed E-state index contributed by atoms with van der Waals surface area (Å²) in [7, 11) is 0. The van der Waals surface area contributed by atoms with E-state index >= 15 is 0 Å². The van der Waals surface area contributed by atoms with Gasteiger partial charge >= 0.3 is 0 Å². The van der Waals surface area contributed by atoms with Crippen LogP contribution in [-0.2, 0) is 0 Å². The molecule has 3 heteroatoms. The fraction of sp³-hybridized carbons (Fsp3) is 0.111. The molecule has 0 spiro atoms. The molecule has 0 aliphatic rings. The summed E-state index contributed by atoms with van der Waals surface area (Å²) in [5.41, 5.74) is 0. The molecule has 0 unspecified atom stereocenters. The van der Waals surface area contributed by atoms with Crippen LogP contribution in [0.15, 0.2) is 71.6 Å². The van der Waals surface area contributed by atoms with Crippen molar-refractivity contribution in [3.63, 3.8) is 0 Å². The van der Waals surface area contributed by atoms with E-state index in [1.54, 1.807) is 23.9 Å². The molecule has 0 fully saturated rings. The van der Waals surface area contributed by atoms with E-state index in [9.17, 15) is 5.11 Å². The fourth-order valence-corrected chi connectivity index (χ4v) is 2.85. The van der Waals surface area contributed by atoms with Crippen molar-refractivity contribution < 1.29 is 9.84 Å². The van der Waals surface area contributed by atoms with E-state index in [0.29, 0.717) is 12.4 Å². The van der Waals surface area contributed by atoms with Gasteiger partial charge in [0.1, 0.15) is 11.5 Å². The van der Waals surface area contributed by atoms with Gasteiger partial charge in [-0.3, -0.25) is 0 Å². The Morgan fingerprint density at radius 1 is 0.857 bits per heavy atom. The number of phenols is 1. The van der Waals surface area contributed by atoms with E-state index in [2.05, 4.69) is 24.3 Å². The summed E-state index contributed by atoms with van der Waals surface area (Å²) in [5.74, 6) is 2.07. The van der Waals surface area contributed by atoms with E-state index in [1.165, 1.54) is 10.8 Å². The fourth-order valence-electron chi connectivity index (χ4n) is 2.12. The third-order valence-electron chi connectivity index (χ3n) is 3.18. The number of aromatic hydroxyl groups is 1. The molecule has 0 bridgehead atoms. The van der Waals surface area contributed by atoms with Gasteiger partial charge in [-0.1, -0.05) is 30.3 Å². The topological polar surface area (TPSA) is 29.5 Å². The molecule has 0 heterocycles. The Hall–Kier alpha value is -2.13. The standard InChI is InChI=1S/C18H16O2S/c19-16-6-9-18(10-7-16)21-12-11-20-17-8-5-14-3-1-2-4-15(14)13-17/h1-10,13,19H,11-12H2. The van der Waals surface area contributed by atoms with Gasteiger partial charge < -0.3 is 9.84 Å². The Bertz CT molecular complexity index is 723. The Morgan fingerprint density at radius 2 is 1.62 bits per heavy atom. The molecule has 0 aliphatic heterocycles. The summed E-state index contributed by atoms with van der Waals surface area (Å²) < 4.78 is 5.79. The van der Waals surface area contributed by atoms with Crippen LogP contribution in [0.2, 0.25) is 0 Å². The maximum atomic E-state index is 9.23. The highest BCUT2D eigenvalue weighted by Crippen LogP contribution is 2.22. The van der Waals surface area contributed by atoms with Crippen molar-refractivity contribution in [1.82, 2.24) is 0 Å². The van der Waals surface area contributed by atoms with Crippen LogP contribution in [0.3, 0.4) is 0 Å². The number of fused-ring (bicyclic) bond motifs is 1. The lowest BCUT2D eigenvalue weighted by Crippen LogP contribution is -1.99. The first-order valence-electron chi connectivity index (χ1n) is 6.85. The molecule has 106 valence electrons. The van der Waals surface area contributed by atoms with Gasteiger partial charge in [0.25, 0.3) is 0 Å². The van der Waals surface area contributed by atoms with Crippen LogP contribution in [0, 0.1) is 0 Å². The number of phenolic OH excluding ortho intramolecular Hbond substituents is 1. The normalized spacial score (nSPS) is 10.7. The molecule has 0 saturated heterocycles. The second-order valence-corrected chi connectivity index (χ2v) is 5.87. The largest absolute Gasteiger partial charge is 0.508 e. The van der Waals surface area contributed by atoms with Crippen LogP contribution >= 0.6 is 11.8 Å². The molecule has 0 aliphatic carbocycles. The molecule has 2 nitrogen and oxygen atoms in total. The van der Waals surface area contributed by atoms with Crippen molar-refractivity contribution in [2.24, 2.45) is 0 Å². The summed E-state index contributed by atoms with van der Waals surface area (Å²) in [6.45, 7) is 0.657. The van der Waals surface area contributed by atoms with E-state index in [0.717, 1.165) is 16.4 Å². The molecular weight excluding hydrogens is 280 g/mol. The predicted octanol–water partition coefficient (Wildman–Crippen LogP) is 4.72. The smallest absolute Gasteiger partial charge is 0.119 e. The van der Waals surface area contributed by atoms with Crippen LogP contribution in [0.5, 0.6) is 11.5 Å². The van der Waals surface area contributed by atoms with Crippen LogP contribution in [-0.4, -0.2) is 17.5 Å². The Morgan fingerprint density at radius 3 is 2.43 bits per heavy atom. The van der Waals surface area contributed by atoms with Gasteiger partial charge in [0, 0.05) is 10.6 Å². The monoisotopic (exact) mass is 296 g/mol. The van der Waals surface area contributed by atoms with Crippen molar-refractivity contribution >= 4 is 22.5 Å². The molecule has 1 N–H and O–H groups in total. The van der Waals surface area contributed by atoms with Crippen LogP contribution in [0.4, 0.5) is 0 Å². The van der Waals surface area contributed by atoms with Gasteiger partial charge in [-0.25, -0.2) is 0 Å². The second-order valence-electron chi connectivity index (χ2n) is 4.70. The quantitative estimate of drug-likeness (QED) is 0.546. The maximum Gasteiger partial charge on any atom is 0.119 e. The lowest BCUT2D eigenvalue weighted by molar-refractivity contribution is 0.344. The zero-order valence-electron chi connectivity index (χ0n) is 11.5. The van der Waals surface area contributed by atoms with Gasteiger partial charge in [0.15, 0.2) is 0 Å². The molecule has 3 aromatic carbocycles. The zero-order chi connectivity index (χ0) is 14.5. The van der Waals surface area contributed by atoms with Crippen LogP contribution in [0.1, 0.15) is 0 Å². The summed E-state index contributed by atoms with van der Waals surface area (Å²) in [6.07, 6.45) is 0. The Balaban J connectivity index is 1.53. The summed E-state index contributed by atoms with van der Waals surface area (Å²) in [5, 5.41) is 11.7. The van der Waals surface area contributed by atoms with Gasteiger partial charge in [-0.2, -0.15) is 0 Å². The SMILES string of the molecule is Oc1ccc(SCCOc2ccc3ccccc3c2)cc1. The lowest BCUT2D eigenvalue weighted by Gasteiger charge is -2.07. The molecular formula is C18H16O2S. The highest BCUT2D eigenvalue weighted by atomic mass is 32.2. The third-order valence-corrected chi connectivity index (χ3v) is 4.15. The van der Waals surface area contributed by atoms with Gasteiger partial charge in [0.2, 0.25) is 0 Å². The zero-order valence-corrected chi connectivity index (χ0v) is 12.3. The minimum atomic E-state index is 0.298. The Labute approximate surface area is 128 Å². The number of hydrogen-bond acceptors (Lipinski definition) is 3. The maximum absolute atomic E-state index is 9.23. The van der Waals surface area contributed by atoms with Crippen LogP contribution in [0.25, 0.3) is 10.8 Å². The van der Waals surface area contributed by atoms with Gasteiger partial charge in [-0.15, -0.1) is 11.8 Å². The highest BCUT2D eigenvalue weighted by Gasteiger charge is 1.98. The number of thioether (sulfide) groups is 1. The molecule has 0 aromatic heterocycles. The van der Waals surface area contributed by atoms with E-state index < -0.39 is 0 Å². The molecule has 0 amide bonds. The molecule has 3 aromatic rings. The second kappa shape index (κ2) is 6.55. The summed E-state index contributed by atoms with van der Waals surface area (Å²) in [4.78, 5) is 1.13.